The van der Waals surface area contributed by atoms with Gasteiger partial charge in [-0.05, 0) is 51.3 Å². The molecule has 3 nitrogen and oxygen atoms in total. The zero-order valence-corrected chi connectivity index (χ0v) is 11.9. The molecule has 19 heavy (non-hydrogen) atoms. The molecule has 0 bridgehead atoms. The van der Waals surface area contributed by atoms with Crippen molar-refractivity contribution in [3.05, 3.63) is 29.8 Å². The van der Waals surface area contributed by atoms with Crippen LogP contribution in [0.2, 0.25) is 0 Å². The number of fused-ring (bicyclic) bond motifs is 1. The van der Waals surface area contributed by atoms with E-state index >= 15 is 0 Å². The number of carbonyl (C=O) groups is 1. The number of anilines is 1. The maximum Gasteiger partial charge on any atom is 0.237 e. The van der Waals surface area contributed by atoms with E-state index in [0.717, 1.165) is 23.7 Å². The zero-order chi connectivity index (χ0) is 13.6. The number of nitrogens with one attached hydrogen (secondary N) is 1. The molecule has 3 rings (SSSR count). The quantitative estimate of drug-likeness (QED) is 0.899. The maximum atomic E-state index is 12.7. The van der Waals surface area contributed by atoms with Gasteiger partial charge in [-0.1, -0.05) is 18.2 Å². The molecular weight excluding hydrogens is 236 g/mol. The molecule has 1 aliphatic heterocycles. The zero-order valence-electron chi connectivity index (χ0n) is 11.9. The normalized spacial score (nSPS) is 22.5. The minimum atomic E-state index is -0.390. The summed E-state index contributed by atoms with van der Waals surface area (Å²) in [5, 5.41) is 3.38. The summed E-state index contributed by atoms with van der Waals surface area (Å²) in [6, 6.07) is 8.62. The molecule has 1 N–H and O–H groups in total. The molecule has 1 aliphatic carbocycles. The summed E-state index contributed by atoms with van der Waals surface area (Å²) in [6.07, 6.45) is 2.58. The Labute approximate surface area is 115 Å². The Morgan fingerprint density at radius 3 is 2.68 bits per heavy atom. The molecule has 1 heterocycles. The van der Waals surface area contributed by atoms with Crippen molar-refractivity contribution in [1.82, 2.24) is 5.32 Å². The molecule has 1 aromatic carbocycles. The number of para-hydroxylation sites is 1. The van der Waals surface area contributed by atoms with Crippen LogP contribution in [-0.4, -0.2) is 25.5 Å². The van der Waals surface area contributed by atoms with Crippen LogP contribution in [-0.2, 0) is 10.2 Å². The van der Waals surface area contributed by atoms with Crippen LogP contribution in [0.15, 0.2) is 24.3 Å². The lowest BCUT2D eigenvalue weighted by Gasteiger charge is -2.25. The fourth-order valence-electron chi connectivity index (χ4n) is 3.15. The van der Waals surface area contributed by atoms with Gasteiger partial charge in [0.2, 0.25) is 5.91 Å². The monoisotopic (exact) mass is 258 g/mol. The molecule has 1 aromatic rings. The van der Waals surface area contributed by atoms with Crippen molar-refractivity contribution < 1.29 is 4.79 Å². The van der Waals surface area contributed by atoms with Crippen LogP contribution in [0, 0.1) is 5.92 Å². The van der Waals surface area contributed by atoms with Gasteiger partial charge in [0, 0.05) is 18.3 Å². The minimum Gasteiger partial charge on any atom is -0.315 e. The predicted octanol–water partition coefficient (Wildman–Crippen LogP) is 2.31. The Hall–Kier alpha value is -1.35. The highest BCUT2D eigenvalue weighted by atomic mass is 16.2. The third-order valence-electron chi connectivity index (χ3n) is 4.59. The first-order valence-corrected chi connectivity index (χ1v) is 7.14. The lowest BCUT2D eigenvalue weighted by Crippen LogP contribution is -2.45. The molecule has 1 saturated carbocycles. The number of amides is 1. The van der Waals surface area contributed by atoms with Gasteiger partial charge >= 0.3 is 0 Å². The third kappa shape index (κ3) is 1.96. The van der Waals surface area contributed by atoms with Crippen molar-refractivity contribution >= 4 is 11.6 Å². The van der Waals surface area contributed by atoms with Gasteiger partial charge < -0.3 is 10.2 Å². The van der Waals surface area contributed by atoms with Gasteiger partial charge in [0.05, 0.1) is 5.41 Å². The van der Waals surface area contributed by atoms with E-state index in [4.69, 9.17) is 0 Å². The highest BCUT2D eigenvalue weighted by molar-refractivity contribution is 6.07. The Morgan fingerprint density at radius 2 is 2.05 bits per heavy atom. The van der Waals surface area contributed by atoms with Gasteiger partial charge in [0.1, 0.15) is 0 Å². The number of carbonyl (C=O) groups excluding carboxylic acids is 1. The van der Waals surface area contributed by atoms with Gasteiger partial charge in [-0.25, -0.2) is 0 Å². The Balaban J connectivity index is 1.91. The molecule has 0 spiro atoms. The average Bonchev–Trinajstić information content (AvgIpc) is 3.21. The Bertz CT molecular complexity index is 505. The predicted molar refractivity (Wildman–Crippen MR) is 77.4 cm³/mol. The molecular formula is C16H22N2O. The van der Waals surface area contributed by atoms with Crippen LogP contribution < -0.4 is 10.2 Å². The summed E-state index contributed by atoms with van der Waals surface area (Å²) in [6.45, 7) is 4.85. The van der Waals surface area contributed by atoms with Crippen LogP contribution in [0.25, 0.3) is 0 Å². The summed E-state index contributed by atoms with van der Waals surface area (Å²) in [5.41, 5.74) is 1.86. The van der Waals surface area contributed by atoms with Gasteiger partial charge in [0.25, 0.3) is 0 Å². The summed E-state index contributed by atoms with van der Waals surface area (Å²) >= 11 is 0. The summed E-state index contributed by atoms with van der Waals surface area (Å²) in [5.74, 6) is 0.975. The molecule has 0 radical (unpaired) electrons. The molecule has 0 aromatic heterocycles. The van der Waals surface area contributed by atoms with Crippen molar-refractivity contribution in [2.75, 3.05) is 18.5 Å². The van der Waals surface area contributed by atoms with Crippen LogP contribution in [0.1, 0.15) is 32.3 Å². The van der Waals surface area contributed by atoms with Gasteiger partial charge in [-0.3, -0.25) is 4.79 Å². The molecule has 102 valence electrons. The Morgan fingerprint density at radius 1 is 1.37 bits per heavy atom. The first kappa shape index (κ1) is 12.7. The standard InChI is InChI=1S/C16H22N2O/c1-16(2)12-6-4-5-7-14(12)18(15(16)19)10-13(17-3)11-8-9-11/h4-7,11,13,17H,8-10H2,1-3H3. The van der Waals surface area contributed by atoms with Gasteiger partial charge in [-0.2, -0.15) is 0 Å². The first-order chi connectivity index (χ1) is 9.05. The number of rotatable bonds is 4. The molecule has 0 saturated heterocycles. The number of hydrogen-bond donors (Lipinski definition) is 1. The van der Waals surface area contributed by atoms with E-state index in [1.807, 2.05) is 37.9 Å². The number of likely N-dealkylation sites (N-methyl/N-ethyl adjacent to an activating group) is 1. The fourth-order valence-corrected chi connectivity index (χ4v) is 3.15. The van der Waals surface area contributed by atoms with Crippen molar-refractivity contribution in [2.24, 2.45) is 5.92 Å². The highest BCUT2D eigenvalue weighted by Gasteiger charge is 2.45. The number of benzene rings is 1. The van der Waals surface area contributed by atoms with E-state index in [1.54, 1.807) is 0 Å². The molecule has 1 unspecified atom stereocenters. The lowest BCUT2D eigenvalue weighted by atomic mass is 9.86. The molecule has 1 amide bonds. The van der Waals surface area contributed by atoms with Crippen LogP contribution in [0.3, 0.4) is 0 Å². The lowest BCUT2D eigenvalue weighted by molar-refractivity contribution is -0.122. The Kier molecular flexibility index (Phi) is 2.90. The molecule has 1 atom stereocenters. The van der Waals surface area contributed by atoms with Crippen molar-refractivity contribution in [3.63, 3.8) is 0 Å². The van der Waals surface area contributed by atoms with E-state index in [-0.39, 0.29) is 5.91 Å². The summed E-state index contributed by atoms with van der Waals surface area (Å²) in [4.78, 5) is 14.7. The second kappa shape index (κ2) is 4.34. The van der Waals surface area contributed by atoms with E-state index < -0.39 is 5.41 Å². The van der Waals surface area contributed by atoms with Crippen molar-refractivity contribution in [1.29, 1.82) is 0 Å². The van der Waals surface area contributed by atoms with Crippen LogP contribution in [0.4, 0.5) is 5.69 Å². The van der Waals surface area contributed by atoms with E-state index in [1.165, 1.54) is 12.8 Å². The summed E-state index contributed by atoms with van der Waals surface area (Å²) in [7, 11) is 2.00. The third-order valence-corrected chi connectivity index (χ3v) is 4.59. The second-order valence-electron chi connectivity index (χ2n) is 6.29. The first-order valence-electron chi connectivity index (χ1n) is 7.14. The highest BCUT2D eigenvalue weighted by Crippen LogP contribution is 2.42. The number of nitrogens with zero attached hydrogens (tertiary/aromatic N) is 1. The van der Waals surface area contributed by atoms with Gasteiger partial charge in [0.15, 0.2) is 0 Å². The average molecular weight is 258 g/mol. The second-order valence-corrected chi connectivity index (χ2v) is 6.29. The maximum absolute atomic E-state index is 12.7. The van der Waals surface area contributed by atoms with E-state index in [9.17, 15) is 4.79 Å². The number of hydrogen-bond acceptors (Lipinski definition) is 2. The molecule has 3 heteroatoms. The van der Waals surface area contributed by atoms with Gasteiger partial charge in [-0.15, -0.1) is 0 Å². The largest absolute Gasteiger partial charge is 0.315 e. The fraction of sp³-hybridized carbons (Fsp3) is 0.562. The summed E-state index contributed by atoms with van der Waals surface area (Å²) < 4.78 is 0. The molecule has 2 aliphatic rings. The molecule has 1 fully saturated rings. The van der Waals surface area contributed by atoms with Crippen LogP contribution in [0.5, 0.6) is 0 Å². The van der Waals surface area contributed by atoms with E-state index in [2.05, 4.69) is 17.4 Å². The van der Waals surface area contributed by atoms with Crippen molar-refractivity contribution in [2.45, 2.75) is 38.1 Å². The smallest absolute Gasteiger partial charge is 0.237 e. The van der Waals surface area contributed by atoms with Crippen molar-refractivity contribution in [3.8, 4) is 0 Å². The van der Waals surface area contributed by atoms with Crippen LogP contribution >= 0.6 is 0 Å². The minimum absolute atomic E-state index is 0.231. The SMILES string of the molecule is CNC(CN1C(=O)C(C)(C)c2ccccc21)C1CC1. The van der Waals surface area contributed by atoms with E-state index in [0.29, 0.717) is 6.04 Å². The topological polar surface area (TPSA) is 32.3 Å².